The van der Waals surface area contributed by atoms with Crippen molar-refractivity contribution in [1.82, 2.24) is 5.16 Å². The number of nitrogens with zero attached hydrogens (tertiary/aromatic N) is 1. The van der Waals surface area contributed by atoms with Crippen LogP contribution in [0.3, 0.4) is 0 Å². The van der Waals surface area contributed by atoms with Crippen molar-refractivity contribution in [1.29, 1.82) is 0 Å². The van der Waals surface area contributed by atoms with Crippen LogP contribution >= 0.6 is 0 Å². The van der Waals surface area contributed by atoms with Gasteiger partial charge in [0.25, 0.3) is 0 Å². The third-order valence-corrected chi connectivity index (χ3v) is 2.38. The van der Waals surface area contributed by atoms with Crippen LogP contribution in [-0.4, -0.2) is 19.4 Å². The first kappa shape index (κ1) is 11.3. The lowest BCUT2D eigenvalue weighted by molar-refractivity contribution is 0.395. The number of aromatic nitrogens is 1. The maximum atomic E-state index is 5.28. The largest absolute Gasteiger partial charge is 0.497 e. The summed E-state index contributed by atoms with van der Waals surface area (Å²) in [7, 11) is 3.25. The normalized spacial score (nSPS) is 10.0. The number of rotatable bonds is 5. The molecule has 0 radical (unpaired) electrons. The highest BCUT2D eigenvalue weighted by atomic mass is 16.5. The zero-order valence-corrected chi connectivity index (χ0v) is 9.77. The fraction of sp³-hybridized carbons (Fsp3) is 0.250. The molecule has 1 heterocycles. The van der Waals surface area contributed by atoms with Crippen LogP contribution in [0, 0.1) is 0 Å². The van der Waals surface area contributed by atoms with Crippen LogP contribution in [0.15, 0.2) is 35.2 Å². The molecule has 0 fully saturated rings. The zero-order chi connectivity index (χ0) is 12.1. The molecular formula is C12H14N2O3. The second-order valence-corrected chi connectivity index (χ2v) is 3.45. The first-order chi connectivity index (χ1) is 8.33. The third-order valence-electron chi connectivity index (χ3n) is 2.38. The van der Waals surface area contributed by atoms with Crippen molar-refractivity contribution in [3.8, 4) is 11.5 Å². The molecule has 0 saturated heterocycles. The van der Waals surface area contributed by atoms with E-state index in [0.717, 1.165) is 22.7 Å². The Labute approximate surface area is 99.3 Å². The Balaban J connectivity index is 2.09. The van der Waals surface area contributed by atoms with Gasteiger partial charge in [0.15, 0.2) is 0 Å². The Morgan fingerprint density at radius 2 is 2.18 bits per heavy atom. The molecule has 1 aromatic carbocycles. The van der Waals surface area contributed by atoms with E-state index in [1.807, 2.05) is 18.2 Å². The number of hydrogen-bond acceptors (Lipinski definition) is 5. The molecule has 0 spiro atoms. The van der Waals surface area contributed by atoms with Gasteiger partial charge in [0.05, 0.1) is 26.1 Å². The van der Waals surface area contributed by atoms with Crippen molar-refractivity contribution in [2.45, 2.75) is 6.54 Å². The SMILES string of the molecule is COc1ccc(NCc2cnoc2)c(OC)c1. The highest BCUT2D eigenvalue weighted by Gasteiger charge is 2.05. The highest BCUT2D eigenvalue weighted by molar-refractivity contribution is 5.59. The molecule has 0 atom stereocenters. The van der Waals surface area contributed by atoms with Gasteiger partial charge in [0.2, 0.25) is 0 Å². The average molecular weight is 234 g/mol. The number of nitrogens with one attached hydrogen (secondary N) is 1. The molecule has 2 aromatic rings. The number of hydrogen-bond donors (Lipinski definition) is 1. The van der Waals surface area contributed by atoms with Crippen molar-refractivity contribution < 1.29 is 14.0 Å². The standard InChI is InChI=1S/C12H14N2O3/c1-15-10-3-4-11(12(5-10)16-2)13-6-9-7-14-17-8-9/h3-5,7-8,13H,6H2,1-2H3. The van der Waals surface area contributed by atoms with Gasteiger partial charge in [-0.15, -0.1) is 0 Å². The van der Waals surface area contributed by atoms with E-state index in [1.165, 1.54) is 0 Å². The first-order valence-corrected chi connectivity index (χ1v) is 5.17. The lowest BCUT2D eigenvalue weighted by atomic mass is 10.2. The lowest BCUT2D eigenvalue weighted by Gasteiger charge is -2.11. The Morgan fingerprint density at radius 3 is 2.82 bits per heavy atom. The molecule has 5 nitrogen and oxygen atoms in total. The van der Waals surface area contributed by atoms with Crippen LogP contribution in [0.4, 0.5) is 5.69 Å². The fourth-order valence-corrected chi connectivity index (χ4v) is 1.46. The summed E-state index contributed by atoms with van der Waals surface area (Å²) in [5.74, 6) is 1.50. The smallest absolute Gasteiger partial charge is 0.145 e. The van der Waals surface area contributed by atoms with E-state index < -0.39 is 0 Å². The van der Waals surface area contributed by atoms with Gasteiger partial charge in [0, 0.05) is 18.2 Å². The van der Waals surface area contributed by atoms with Crippen molar-refractivity contribution in [2.75, 3.05) is 19.5 Å². The maximum absolute atomic E-state index is 5.28. The summed E-state index contributed by atoms with van der Waals surface area (Å²) < 4.78 is 15.2. The molecule has 0 aliphatic carbocycles. The molecule has 0 amide bonds. The molecule has 17 heavy (non-hydrogen) atoms. The molecule has 0 bridgehead atoms. The predicted molar refractivity (Wildman–Crippen MR) is 63.4 cm³/mol. The topological polar surface area (TPSA) is 56.5 Å². The van der Waals surface area contributed by atoms with Crippen molar-refractivity contribution in [3.05, 3.63) is 36.2 Å². The van der Waals surface area contributed by atoms with Crippen molar-refractivity contribution in [2.24, 2.45) is 0 Å². The summed E-state index contributed by atoms with van der Waals surface area (Å²) in [6, 6.07) is 5.61. The molecule has 1 aromatic heterocycles. The summed E-state index contributed by atoms with van der Waals surface area (Å²) >= 11 is 0. The molecule has 0 unspecified atom stereocenters. The number of ether oxygens (including phenoxy) is 2. The zero-order valence-electron chi connectivity index (χ0n) is 9.77. The average Bonchev–Trinajstić information content (AvgIpc) is 2.89. The summed E-state index contributed by atoms with van der Waals surface area (Å²) in [6.45, 7) is 0.631. The van der Waals surface area contributed by atoms with Crippen LogP contribution < -0.4 is 14.8 Å². The molecule has 1 N–H and O–H groups in total. The minimum atomic E-state index is 0.631. The Morgan fingerprint density at radius 1 is 1.29 bits per heavy atom. The second kappa shape index (κ2) is 5.25. The van der Waals surface area contributed by atoms with Crippen LogP contribution in [0.1, 0.15) is 5.56 Å². The van der Waals surface area contributed by atoms with Crippen molar-refractivity contribution >= 4 is 5.69 Å². The quantitative estimate of drug-likeness (QED) is 0.860. The molecule has 90 valence electrons. The minimum Gasteiger partial charge on any atom is -0.497 e. The fourth-order valence-electron chi connectivity index (χ4n) is 1.46. The van der Waals surface area contributed by atoms with Gasteiger partial charge in [-0.1, -0.05) is 5.16 Å². The van der Waals surface area contributed by atoms with E-state index >= 15 is 0 Å². The molecule has 0 aliphatic heterocycles. The van der Waals surface area contributed by atoms with Crippen LogP contribution in [0.25, 0.3) is 0 Å². The van der Waals surface area contributed by atoms with Crippen LogP contribution in [0.2, 0.25) is 0 Å². The summed E-state index contributed by atoms with van der Waals surface area (Å²) in [5.41, 5.74) is 1.87. The Kier molecular flexibility index (Phi) is 3.49. The van der Waals surface area contributed by atoms with E-state index in [0.29, 0.717) is 6.54 Å². The number of methoxy groups -OCH3 is 2. The summed E-state index contributed by atoms with van der Waals surface area (Å²) in [4.78, 5) is 0. The van der Waals surface area contributed by atoms with Gasteiger partial charge in [0.1, 0.15) is 17.8 Å². The summed E-state index contributed by atoms with van der Waals surface area (Å²) in [5, 5.41) is 6.88. The van der Waals surface area contributed by atoms with Crippen LogP contribution in [0.5, 0.6) is 11.5 Å². The van der Waals surface area contributed by atoms with Gasteiger partial charge in [-0.05, 0) is 12.1 Å². The predicted octanol–water partition coefficient (Wildman–Crippen LogP) is 2.30. The first-order valence-electron chi connectivity index (χ1n) is 5.17. The Hall–Kier alpha value is -2.17. The number of benzene rings is 1. The molecule has 5 heteroatoms. The van der Waals surface area contributed by atoms with E-state index in [2.05, 4.69) is 10.5 Å². The van der Waals surface area contributed by atoms with Gasteiger partial charge in [-0.3, -0.25) is 0 Å². The minimum absolute atomic E-state index is 0.631. The van der Waals surface area contributed by atoms with E-state index in [4.69, 9.17) is 14.0 Å². The number of anilines is 1. The lowest BCUT2D eigenvalue weighted by Crippen LogP contribution is -2.00. The van der Waals surface area contributed by atoms with E-state index in [9.17, 15) is 0 Å². The maximum Gasteiger partial charge on any atom is 0.145 e. The van der Waals surface area contributed by atoms with E-state index in [1.54, 1.807) is 26.7 Å². The Bertz CT molecular complexity index is 469. The molecule has 0 aliphatic rings. The van der Waals surface area contributed by atoms with Crippen molar-refractivity contribution in [3.63, 3.8) is 0 Å². The van der Waals surface area contributed by atoms with Gasteiger partial charge >= 0.3 is 0 Å². The van der Waals surface area contributed by atoms with Crippen LogP contribution in [-0.2, 0) is 6.54 Å². The highest BCUT2D eigenvalue weighted by Crippen LogP contribution is 2.29. The monoisotopic (exact) mass is 234 g/mol. The molecule has 0 saturated carbocycles. The third kappa shape index (κ3) is 2.69. The second-order valence-electron chi connectivity index (χ2n) is 3.45. The molecular weight excluding hydrogens is 220 g/mol. The molecule has 2 rings (SSSR count). The van der Waals surface area contributed by atoms with E-state index in [-0.39, 0.29) is 0 Å². The van der Waals surface area contributed by atoms with Gasteiger partial charge < -0.3 is 19.3 Å². The van der Waals surface area contributed by atoms with Gasteiger partial charge in [-0.2, -0.15) is 0 Å². The van der Waals surface area contributed by atoms with Gasteiger partial charge in [-0.25, -0.2) is 0 Å². The summed E-state index contributed by atoms with van der Waals surface area (Å²) in [6.07, 6.45) is 3.27.